The lowest BCUT2D eigenvalue weighted by molar-refractivity contribution is -0.114. The molecule has 0 aliphatic heterocycles. The Balaban J connectivity index is 0.00000484. The standard InChI is InChI=1S/C14H24N4O3S.ClH/c1-4-16-12-8-7-11(9-13(12)17-14(19)10-15)22(20,21)18(5-2)6-3;/h7-9,16H,4-6,10,15H2,1-3H3,(H,17,19);1H. The fourth-order valence-electron chi connectivity index (χ4n) is 2.05. The first-order valence-electron chi connectivity index (χ1n) is 7.28. The monoisotopic (exact) mass is 364 g/mol. The summed E-state index contributed by atoms with van der Waals surface area (Å²) < 4.78 is 26.4. The van der Waals surface area contributed by atoms with Crippen LogP contribution in [0.3, 0.4) is 0 Å². The van der Waals surface area contributed by atoms with Gasteiger partial charge in [0.25, 0.3) is 0 Å². The molecule has 132 valence electrons. The van der Waals surface area contributed by atoms with Crippen LogP contribution in [0.1, 0.15) is 20.8 Å². The molecule has 0 aliphatic rings. The molecule has 9 heteroatoms. The summed E-state index contributed by atoms with van der Waals surface area (Å²) in [5.41, 5.74) is 6.36. The van der Waals surface area contributed by atoms with Gasteiger partial charge in [-0.3, -0.25) is 4.79 Å². The van der Waals surface area contributed by atoms with Gasteiger partial charge in [0.15, 0.2) is 0 Å². The molecule has 0 fully saturated rings. The van der Waals surface area contributed by atoms with Crippen LogP contribution in [-0.2, 0) is 14.8 Å². The Kier molecular flexibility index (Phi) is 9.14. The van der Waals surface area contributed by atoms with Crippen molar-refractivity contribution in [2.45, 2.75) is 25.7 Å². The minimum atomic E-state index is -3.57. The lowest BCUT2D eigenvalue weighted by atomic mass is 10.2. The third-order valence-electron chi connectivity index (χ3n) is 3.16. The molecule has 0 heterocycles. The van der Waals surface area contributed by atoms with Gasteiger partial charge in [-0.25, -0.2) is 8.42 Å². The molecule has 0 saturated carbocycles. The van der Waals surface area contributed by atoms with E-state index in [4.69, 9.17) is 5.73 Å². The van der Waals surface area contributed by atoms with Gasteiger partial charge in [-0.2, -0.15) is 4.31 Å². The van der Waals surface area contributed by atoms with Crippen molar-refractivity contribution in [1.29, 1.82) is 0 Å². The predicted octanol–water partition coefficient (Wildman–Crippen LogP) is 1.47. The zero-order chi connectivity index (χ0) is 16.8. The predicted molar refractivity (Wildman–Crippen MR) is 95.6 cm³/mol. The summed E-state index contributed by atoms with van der Waals surface area (Å²) in [6.07, 6.45) is 0. The maximum absolute atomic E-state index is 12.5. The van der Waals surface area contributed by atoms with Crippen LogP contribution in [0, 0.1) is 0 Å². The molecule has 1 aromatic rings. The van der Waals surface area contributed by atoms with E-state index in [-0.39, 0.29) is 29.8 Å². The molecule has 0 aromatic heterocycles. The molecular formula is C14H25ClN4O3S. The third-order valence-corrected chi connectivity index (χ3v) is 5.21. The highest BCUT2D eigenvalue weighted by Crippen LogP contribution is 2.27. The molecule has 0 atom stereocenters. The molecule has 0 saturated heterocycles. The van der Waals surface area contributed by atoms with Gasteiger partial charge in [-0.05, 0) is 25.1 Å². The highest BCUT2D eigenvalue weighted by atomic mass is 35.5. The number of rotatable bonds is 8. The molecule has 1 rings (SSSR count). The molecule has 7 nitrogen and oxygen atoms in total. The minimum absolute atomic E-state index is 0. The summed E-state index contributed by atoms with van der Waals surface area (Å²) in [4.78, 5) is 11.7. The fourth-order valence-corrected chi connectivity index (χ4v) is 3.53. The Hall–Kier alpha value is -1.35. The summed E-state index contributed by atoms with van der Waals surface area (Å²) in [6, 6.07) is 4.63. The normalized spacial score (nSPS) is 11.0. The van der Waals surface area contributed by atoms with Crippen molar-refractivity contribution in [3.05, 3.63) is 18.2 Å². The first-order valence-corrected chi connectivity index (χ1v) is 8.72. The van der Waals surface area contributed by atoms with E-state index in [1.165, 1.54) is 16.4 Å². The van der Waals surface area contributed by atoms with Crippen molar-refractivity contribution in [2.75, 3.05) is 36.8 Å². The van der Waals surface area contributed by atoms with E-state index in [9.17, 15) is 13.2 Å². The fraction of sp³-hybridized carbons (Fsp3) is 0.500. The van der Waals surface area contributed by atoms with E-state index in [1.807, 2.05) is 6.92 Å². The van der Waals surface area contributed by atoms with Crippen LogP contribution in [0.15, 0.2) is 23.1 Å². The average molecular weight is 365 g/mol. The Bertz CT molecular complexity index is 618. The van der Waals surface area contributed by atoms with Gasteiger partial charge in [0, 0.05) is 19.6 Å². The van der Waals surface area contributed by atoms with Crippen LogP contribution in [0.4, 0.5) is 11.4 Å². The van der Waals surface area contributed by atoms with Crippen molar-refractivity contribution >= 4 is 39.7 Å². The number of halogens is 1. The van der Waals surface area contributed by atoms with Crippen molar-refractivity contribution in [1.82, 2.24) is 4.31 Å². The van der Waals surface area contributed by atoms with Crippen LogP contribution in [0.2, 0.25) is 0 Å². The number of hydrogen-bond donors (Lipinski definition) is 3. The summed E-state index contributed by atoms with van der Waals surface area (Å²) in [7, 11) is -3.57. The van der Waals surface area contributed by atoms with Gasteiger partial charge in [0.2, 0.25) is 15.9 Å². The first kappa shape index (κ1) is 21.6. The van der Waals surface area contributed by atoms with Gasteiger partial charge >= 0.3 is 0 Å². The van der Waals surface area contributed by atoms with Gasteiger partial charge in [0.05, 0.1) is 22.8 Å². The Morgan fingerprint density at radius 1 is 1.17 bits per heavy atom. The second kappa shape index (κ2) is 9.71. The molecule has 0 unspecified atom stereocenters. The topological polar surface area (TPSA) is 105 Å². The van der Waals surface area contributed by atoms with Crippen LogP contribution < -0.4 is 16.4 Å². The number of sulfonamides is 1. The van der Waals surface area contributed by atoms with Crippen molar-refractivity contribution in [3.8, 4) is 0 Å². The Morgan fingerprint density at radius 2 is 1.78 bits per heavy atom. The molecular weight excluding hydrogens is 340 g/mol. The van der Waals surface area contributed by atoms with Crippen LogP contribution >= 0.6 is 12.4 Å². The minimum Gasteiger partial charge on any atom is -0.384 e. The zero-order valence-corrected chi connectivity index (χ0v) is 15.3. The summed E-state index contributed by atoms with van der Waals surface area (Å²) in [6.45, 7) is 6.73. The Labute approximate surface area is 144 Å². The van der Waals surface area contributed by atoms with Gasteiger partial charge < -0.3 is 16.4 Å². The number of benzene rings is 1. The van der Waals surface area contributed by atoms with Gasteiger partial charge in [0.1, 0.15) is 0 Å². The summed E-state index contributed by atoms with van der Waals surface area (Å²) >= 11 is 0. The lowest BCUT2D eigenvalue weighted by Gasteiger charge is -2.20. The summed E-state index contributed by atoms with van der Waals surface area (Å²) in [5, 5.41) is 5.70. The largest absolute Gasteiger partial charge is 0.384 e. The number of amides is 1. The second-order valence-corrected chi connectivity index (χ2v) is 6.52. The molecule has 0 spiro atoms. The number of hydrogen-bond acceptors (Lipinski definition) is 5. The molecule has 1 amide bonds. The highest BCUT2D eigenvalue weighted by molar-refractivity contribution is 7.89. The van der Waals surface area contributed by atoms with Crippen LogP contribution in [-0.4, -0.2) is 44.8 Å². The molecule has 1 aromatic carbocycles. The van der Waals surface area contributed by atoms with E-state index in [2.05, 4.69) is 10.6 Å². The van der Waals surface area contributed by atoms with Crippen molar-refractivity contribution in [2.24, 2.45) is 5.73 Å². The van der Waals surface area contributed by atoms with E-state index < -0.39 is 10.0 Å². The first-order chi connectivity index (χ1) is 10.4. The number of nitrogens with two attached hydrogens (primary N) is 1. The van der Waals surface area contributed by atoms with E-state index in [1.54, 1.807) is 19.9 Å². The van der Waals surface area contributed by atoms with Crippen molar-refractivity contribution in [3.63, 3.8) is 0 Å². The molecule has 0 bridgehead atoms. The van der Waals surface area contributed by atoms with Crippen LogP contribution in [0.25, 0.3) is 0 Å². The number of anilines is 2. The lowest BCUT2D eigenvalue weighted by Crippen LogP contribution is -2.30. The molecule has 0 aliphatic carbocycles. The average Bonchev–Trinajstić information content (AvgIpc) is 2.49. The van der Waals surface area contributed by atoms with E-state index >= 15 is 0 Å². The smallest absolute Gasteiger partial charge is 0.243 e. The number of carbonyl (C=O) groups excluding carboxylic acids is 1. The maximum atomic E-state index is 12.5. The Morgan fingerprint density at radius 3 is 2.26 bits per heavy atom. The molecule has 23 heavy (non-hydrogen) atoms. The van der Waals surface area contributed by atoms with Gasteiger partial charge in [-0.15, -0.1) is 12.4 Å². The summed E-state index contributed by atoms with van der Waals surface area (Å²) in [5.74, 6) is -0.378. The van der Waals surface area contributed by atoms with E-state index in [0.29, 0.717) is 31.0 Å². The number of nitrogens with one attached hydrogen (secondary N) is 2. The molecule has 0 radical (unpaired) electrons. The quantitative estimate of drug-likeness (QED) is 0.647. The second-order valence-electron chi connectivity index (χ2n) is 4.58. The van der Waals surface area contributed by atoms with Crippen molar-refractivity contribution < 1.29 is 13.2 Å². The third kappa shape index (κ3) is 5.35. The number of carbonyl (C=O) groups is 1. The van der Waals surface area contributed by atoms with Gasteiger partial charge in [-0.1, -0.05) is 13.8 Å². The van der Waals surface area contributed by atoms with E-state index in [0.717, 1.165) is 0 Å². The number of nitrogens with zero attached hydrogens (tertiary/aromatic N) is 1. The SMILES string of the molecule is CCNc1ccc(S(=O)(=O)N(CC)CC)cc1NC(=O)CN.Cl. The molecule has 4 N–H and O–H groups in total. The maximum Gasteiger partial charge on any atom is 0.243 e. The zero-order valence-electron chi connectivity index (χ0n) is 13.6. The highest BCUT2D eigenvalue weighted by Gasteiger charge is 2.22. The van der Waals surface area contributed by atoms with Crippen LogP contribution in [0.5, 0.6) is 0 Å².